The minimum atomic E-state index is -0.0837. The Morgan fingerprint density at radius 2 is 1.97 bits per heavy atom. The van der Waals surface area contributed by atoms with Gasteiger partial charge in [0.2, 0.25) is 5.82 Å². The molecule has 1 fully saturated rings. The number of aromatic nitrogens is 4. The molecule has 1 aliphatic carbocycles. The van der Waals surface area contributed by atoms with Crippen LogP contribution < -0.4 is 5.32 Å². The van der Waals surface area contributed by atoms with E-state index >= 15 is 0 Å². The lowest BCUT2D eigenvalue weighted by Gasteiger charge is -2.33. The molecule has 1 saturated heterocycles. The van der Waals surface area contributed by atoms with Crippen LogP contribution in [0.5, 0.6) is 0 Å². The summed E-state index contributed by atoms with van der Waals surface area (Å²) < 4.78 is 1.76. The van der Waals surface area contributed by atoms with Crippen LogP contribution >= 0.6 is 11.3 Å². The molecule has 0 unspecified atom stereocenters. The van der Waals surface area contributed by atoms with Crippen LogP contribution in [0.1, 0.15) is 54.1 Å². The number of nitrogens with zero attached hydrogens (tertiary/aromatic N) is 5. The maximum Gasteiger partial charge on any atom is 0.293 e. The maximum atomic E-state index is 12.9. The Balaban J connectivity index is 1.60. The van der Waals surface area contributed by atoms with Gasteiger partial charge >= 0.3 is 0 Å². The van der Waals surface area contributed by atoms with E-state index in [9.17, 15) is 4.79 Å². The molecule has 0 saturated carbocycles. The Morgan fingerprint density at radius 1 is 1.21 bits per heavy atom. The van der Waals surface area contributed by atoms with Crippen LogP contribution in [0.25, 0.3) is 15.9 Å². The first kappa shape index (κ1) is 18.9. The first-order valence-corrected chi connectivity index (χ1v) is 11.3. The molecule has 1 N–H and O–H groups in total. The molecule has 5 rings (SSSR count). The Morgan fingerprint density at radius 3 is 2.69 bits per heavy atom. The number of nitrogens with one attached hydrogen (secondary N) is 1. The van der Waals surface area contributed by atoms with Gasteiger partial charge in [0.15, 0.2) is 5.65 Å². The van der Waals surface area contributed by atoms with Gasteiger partial charge in [0.05, 0.1) is 5.39 Å². The molecular formula is C21H28N6OS. The fraction of sp³-hybridized carbons (Fsp3) is 0.619. The standard InChI is InChI=1S/C21H28N6OS/c1-12-23-19-16(14-6-5-13(21(2,3)4)11-15(14)29-19)18-24-17(25-27(12)18)20(28)26-9-7-22-8-10-26/h13,22H,5-11H2,1-4H3/t13-/m1/s1. The molecule has 2 aliphatic rings. The summed E-state index contributed by atoms with van der Waals surface area (Å²) >= 11 is 1.80. The van der Waals surface area contributed by atoms with Crippen LogP contribution in [-0.2, 0) is 12.8 Å². The molecule has 3 aromatic rings. The molecule has 154 valence electrons. The largest absolute Gasteiger partial charge is 0.333 e. The molecule has 29 heavy (non-hydrogen) atoms. The fourth-order valence-electron chi connectivity index (χ4n) is 4.61. The number of thiophene rings is 1. The van der Waals surface area contributed by atoms with Gasteiger partial charge in [0, 0.05) is 31.1 Å². The van der Waals surface area contributed by atoms with Gasteiger partial charge in [-0.05, 0) is 43.1 Å². The number of fused-ring (bicyclic) bond motifs is 5. The zero-order valence-electron chi connectivity index (χ0n) is 17.6. The van der Waals surface area contributed by atoms with Gasteiger partial charge in [-0.3, -0.25) is 4.79 Å². The highest BCUT2D eigenvalue weighted by Crippen LogP contribution is 2.43. The Kier molecular flexibility index (Phi) is 4.40. The number of amides is 1. The lowest BCUT2D eigenvalue weighted by atomic mass is 9.72. The van der Waals surface area contributed by atoms with Crippen molar-refractivity contribution in [1.29, 1.82) is 0 Å². The van der Waals surface area contributed by atoms with Crippen molar-refractivity contribution >= 4 is 33.1 Å². The van der Waals surface area contributed by atoms with Crippen molar-refractivity contribution in [3.63, 3.8) is 0 Å². The van der Waals surface area contributed by atoms with Crippen LogP contribution in [0.4, 0.5) is 0 Å². The summed E-state index contributed by atoms with van der Waals surface area (Å²) in [6.45, 7) is 12.0. The van der Waals surface area contributed by atoms with Gasteiger partial charge in [0.1, 0.15) is 10.7 Å². The number of hydrogen-bond acceptors (Lipinski definition) is 6. The Hall–Kier alpha value is -2.06. The van der Waals surface area contributed by atoms with E-state index in [1.807, 2.05) is 11.8 Å². The van der Waals surface area contributed by atoms with Gasteiger partial charge in [-0.1, -0.05) is 20.8 Å². The number of hydrogen-bond donors (Lipinski definition) is 1. The van der Waals surface area contributed by atoms with E-state index < -0.39 is 0 Å². The summed E-state index contributed by atoms with van der Waals surface area (Å²) in [4.78, 5) is 26.8. The topological polar surface area (TPSA) is 75.4 Å². The third kappa shape index (κ3) is 3.13. The zero-order valence-corrected chi connectivity index (χ0v) is 18.4. The number of carbonyl (C=O) groups is 1. The number of rotatable bonds is 1. The van der Waals surface area contributed by atoms with Crippen LogP contribution in [0.15, 0.2) is 0 Å². The maximum absolute atomic E-state index is 12.9. The summed E-state index contributed by atoms with van der Waals surface area (Å²) in [6.07, 6.45) is 3.33. The molecule has 0 spiro atoms. The molecule has 0 aromatic carbocycles. The monoisotopic (exact) mass is 412 g/mol. The summed E-state index contributed by atoms with van der Waals surface area (Å²) in [5, 5.41) is 8.94. The van der Waals surface area contributed by atoms with Crippen molar-refractivity contribution in [3.05, 3.63) is 22.1 Å². The van der Waals surface area contributed by atoms with Crippen LogP contribution in [0.3, 0.4) is 0 Å². The SMILES string of the molecule is Cc1nc2sc3c(c2c2nc(C(=O)N4CCNCC4)nn12)CC[C@@H](C(C)(C)C)C3. The lowest BCUT2D eigenvalue weighted by Crippen LogP contribution is -2.46. The highest BCUT2D eigenvalue weighted by molar-refractivity contribution is 7.19. The van der Waals surface area contributed by atoms with E-state index in [0.29, 0.717) is 24.4 Å². The average molecular weight is 413 g/mol. The highest BCUT2D eigenvalue weighted by Gasteiger charge is 2.32. The van der Waals surface area contributed by atoms with Gasteiger partial charge in [-0.2, -0.15) is 4.52 Å². The second-order valence-corrected chi connectivity index (χ2v) is 10.4. The third-order valence-electron chi connectivity index (χ3n) is 6.47. The lowest BCUT2D eigenvalue weighted by molar-refractivity contribution is 0.0723. The summed E-state index contributed by atoms with van der Waals surface area (Å²) in [5.41, 5.74) is 2.47. The quantitative estimate of drug-likeness (QED) is 0.665. The average Bonchev–Trinajstić information content (AvgIpc) is 3.28. The smallest absolute Gasteiger partial charge is 0.293 e. The number of aryl methyl sites for hydroxylation is 2. The van der Waals surface area contributed by atoms with Crippen LogP contribution in [-0.4, -0.2) is 56.6 Å². The van der Waals surface area contributed by atoms with Crippen LogP contribution in [0.2, 0.25) is 0 Å². The van der Waals surface area contributed by atoms with Crippen molar-refractivity contribution < 1.29 is 4.79 Å². The molecule has 7 nitrogen and oxygen atoms in total. The summed E-state index contributed by atoms with van der Waals surface area (Å²) in [5.74, 6) is 1.67. The first-order chi connectivity index (χ1) is 13.8. The van der Waals surface area contributed by atoms with Crippen molar-refractivity contribution in [2.24, 2.45) is 11.3 Å². The van der Waals surface area contributed by atoms with E-state index in [-0.39, 0.29) is 11.7 Å². The molecule has 4 heterocycles. The van der Waals surface area contributed by atoms with Crippen molar-refractivity contribution in [2.45, 2.75) is 47.0 Å². The van der Waals surface area contributed by atoms with E-state index in [1.54, 1.807) is 15.9 Å². The predicted octanol–water partition coefficient (Wildman–Crippen LogP) is 2.84. The highest BCUT2D eigenvalue weighted by atomic mass is 32.1. The summed E-state index contributed by atoms with van der Waals surface area (Å²) in [7, 11) is 0. The molecule has 1 amide bonds. The van der Waals surface area contributed by atoms with Crippen molar-refractivity contribution in [1.82, 2.24) is 29.8 Å². The second-order valence-electron chi connectivity index (χ2n) is 9.36. The molecule has 1 aliphatic heterocycles. The second kappa shape index (κ2) is 6.74. The first-order valence-electron chi connectivity index (χ1n) is 10.5. The molecule has 0 radical (unpaired) electrons. The normalized spacial score (nSPS) is 20.4. The molecular weight excluding hydrogens is 384 g/mol. The molecule has 3 aromatic heterocycles. The zero-order chi connectivity index (χ0) is 20.3. The number of piperazine rings is 1. The van der Waals surface area contributed by atoms with E-state index in [0.717, 1.165) is 47.6 Å². The van der Waals surface area contributed by atoms with Gasteiger partial charge in [-0.25, -0.2) is 9.97 Å². The van der Waals surface area contributed by atoms with Crippen molar-refractivity contribution in [2.75, 3.05) is 26.2 Å². The molecule has 8 heteroatoms. The van der Waals surface area contributed by atoms with Crippen molar-refractivity contribution in [3.8, 4) is 0 Å². The minimum Gasteiger partial charge on any atom is -0.333 e. The van der Waals surface area contributed by atoms with Gasteiger partial charge < -0.3 is 10.2 Å². The molecule has 0 bridgehead atoms. The van der Waals surface area contributed by atoms with E-state index in [1.165, 1.54) is 16.9 Å². The third-order valence-corrected chi connectivity index (χ3v) is 7.62. The molecule has 1 atom stereocenters. The van der Waals surface area contributed by atoms with Crippen LogP contribution in [0, 0.1) is 18.3 Å². The van der Waals surface area contributed by atoms with E-state index in [2.05, 4.69) is 31.2 Å². The number of carbonyl (C=O) groups excluding carboxylic acids is 1. The summed E-state index contributed by atoms with van der Waals surface area (Å²) in [6, 6.07) is 0. The van der Waals surface area contributed by atoms with Gasteiger partial charge in [-0.15, -0.1) is 16.4 Å². The van der Waals surface area contributed by atoms with Gasteiger partial charge in [0.25, 0.3) is 5.91 Å². The fourth-order valence-corrected chi connectivity index (χ4v) is 5.95. The Bertz CT molecular complexity index is 1100. The van der Waals surface area contributed by atoms with E-state index in [4.69, 9.17) is 9.97 Å². The Labute approximate surface area is 174 Å². The predicted molar refractivity (Wildman–Crippen MR) is 115 cm³/mol. The minimum absolute atomic E-state index is 0.0837.